The number of benzene rings is 1. The van der Waals surface area contributed by atoms with E-state index in [-0.39, 0.29) is 16.2 Å². The maximum Gasteiger partial charge on any atom is 0.337 e. The van der Waals surface area contributed by atoms with Gasteiger partial charge in [-0.15, -0.1) is 0 Å². The Bertz CT molecular complexity index is 602. The van der Waals surface area contributed by atoms with Gasteiger partial charge in [0.1, 0.15) is 10.6 Å². The first-order valence-corrected chi connectivity index (χ1v) is 7.39. The standard InChI is InChI=1S/C13H19NO5S/c1-13(2,3)14-20(16,17)11-8-9(12(15)19-5)6-7-10(11)18-4/h6-8,14H,1-5H3. The monoisotopic (exact) mass is 301 g/mol. The Kier molecular flexibility index (Phi) is 4.77. The molecule has 0 aliphatic heterocycles. The van der Waals surface area contributed by atoms with Gasteiger partial charge in [0.15, 0.2) is 0 Å². The van der Waals surface area contributed by atoms with Crippen LogP contribution in [0.3, 0.4) is 0 Å². The van der Waals surface area contributed by atoms with Crippen LogP contribution in [-0.4, -0.2) is 34.1 Å². The molecule has 0 amide bonds. The van der Waals surface area contributed by atoms with E-state index in [4.69, 9.17) is 4.74 Å². The van der Waals surface area contributed by atoms with Gasteiger partial charge in [-0.3, -0.25) is 0 Å². The molecular weight excluding hydrogens is 282 g/mol. The van der Waals surface area contributed by atoms with Crippen LogP contribution in [0.4, 0.5) is 0 Å². The molecule has 7 heteroatoms. The van der Waals surface area contributed by atoms with Gasteiger partial charge < -0.3 is 9.47 Å². The largest absolute Gasteiger partial charge is 0.495 e. The molecule has 0 aliphatic carbocycles. The number of carbonyl (C=O) groups is 1. The minimum atomic E-state index is -3.81. The zero-order chi connectivity index (χ0) is 15.6. The van der Waals surface area contributed by atoms with Crippen molar-refractivity contribution in [2.24, 2.45) is 0 Å². The molecule has 1 N–H and O–H groups in total. The Morgan fingerprint density at radius 2 is 1.80 bits per heavy atom. The molecule has 112 valence electrons. The summed E-state index contributed by atoms with van der Waals surface area (Å²) in [7, 11) is -1.21. The Morgan fingerprint density at radius 1 is 1.20 bits per heavy atom. The molecule has 1 aromatic rings. The van der Waals surface area contributed by atoms with E-state index >= 15 is 0 Å². The van der Waals surface area contributed by atoms with Crippen molar-refractivity contribution in [3.8, 4) is 5.75 Å². The summed E-state index contributed by atoms with van der Waals surface area (Å²) in [6.45, 7) is 5.17. The minimum Gasteiger partial charge on any atom is -0.495 e. The smallest absolute Gasteiger partial charge is 0.337 e. The van der Waals surface area contributed by atoms with Crippen molar-refractivity contribution in [1.82, 2.24) is 4.72 Å². The number of rotatable bonds is 4. The summed E-state index contributed by atoms with van der Waals surface area (Å²) in [4.78, 5) is 11.4. The van der Waals surface area contributed by atoms with E-state index in [0.29, 0.717) is 0 Å². The Balaban J connectivity index is 3.37. The minimum absolute atomic E-state index is 0.0992. The maximum atomic E-state index is 12.3. The first-order valence-electron chi connectivity index (χ1n) is 5.91. The first-order chi connectivity index (χ1) is 9.10. The predicted molar refractivity (Wildman–Crippen MR) is 74.4 cm³/mol. The van der Waals surface area contributed by atoms with E-state index in [1.54, 1.807) is 20.8 Å². The van der Waals surface area contributed by atoms with Crippen LogP contribution < -0.4 is 9.46 Å². The van der Waals surface area contributed by atoms with Gasteiger partial charge in [-0.05, 0) is 39.0 Å². The third-order valence-corrected chi connectivity index (χ3v) is 4.09. The lowest BCUT2D eigenvalue weighted by Crippen LogP contribution is -2.40. The van der Waals surface area contributed by atoms with Crippen LogP contribution in [0.25, 0.3) is 0 Å². The summed E-state index contributed by atoms with van der Waals surface area (Å²) in [6, 6.07) is 4.10. The fourth-order valence-electron chi connectivity index (χ4n) is 1.59. The SMILES string of the molecule is COC(=O)c1ccc(OC)c(S(=O)(=O)NC(C)(C)C)c1. The van der Waals surface area contributed by atoms with Crippen LogP contribution >= 0.6 is 0 Å². The molecule has 0 heterocycles. The lowest BCUT2D eigenvalue weighted by molar-refractivity contribution is 0.0600. The van der Waals surface area contributed by atoms with Gasteiger partial charge in [-0.1, -0.05) is 0 Å². The van der Waals surface area contributed by atoms with Crippen molar-refractivity contribution in [2.45, 2.75) is 31.2 Å². The normalized spacial score (nSPS) is 12.1. The van der Waals surface area contributed by atoms with E-state index in [2.05, 4.69) is 9.46 Å². The summed E-state index contributed by atoms with van der Waals surface area (Å²) in [5.74, 6) is -0.450. The predicted octanol–water partition coefficient (Wildman–Crippen LogP) is 1.56. The van der Waals surface area contributed by atoms with Crippen LogP contribution in [0.5, 0.6) is 5.75 Å². The van der Waals surface area contributed by atoms with Gasteiger partial charge in [0.2, 0.25) is 10.0 Å². The van der Waals surface area contributed by atoms with Gasteiger partial charge in [0.05, 0.1) is 19.8 Å². The van der Waals surface area contributed by atoms with Crippen LogP contribution in [-0.2, 0) is 14.8 Å². The van der Waals surface area contributed by atoms with E-state index in [1.807, 2.05) is 0 Å². The lowest BCUT2D eigenvalue weighted by atomic mass is 10.1. The topological polar surface area (TPSA) is 81.7 Å². The van der Waals surface area contributed by atoms with E-state index < -0.39 is 21.5 Å². The third-order valence-electron chi connectivity index (χ3n) is 2.31. The zero-order valence-electron chi connectivity index (χ0n) is 12.2. The molecule has 0 radical (unpaired) electrons. The van der Waals surface area contributed by atoms with Crippen molar-refractivity contribution in [3.05, 3.63) is 23.8 Å². The summed E-state index contributed by atoms with van der Waals surface area (Å²) in [5, 5.41) is 0. The summed E-state index contributed by atoms with van der Waals surface area (Å²) >= 11 is 0. The second-order valence-electron chi connectivity index (χ2n) is 5.21. The van der Waals surface area contributed by atoms with E-state index in [0.717, 1.165) is 0 Å². The van der Waals surface area contributed by atoms with Gasteiger partial charge in [-0.2, -0.15) is 0 Å². The zero-order valence-corrected chi connectivity index (χ0v) is 13.0. The average molecular weight is 301 g/mol. The van der Waals surface area contributed by atoms with E-state index in [1.165, 1.54) is 32.4 Å². The molecule has 0 saturated heterocycles. The Labute approximate surface area is 119 Å². The number of hydrogen-bond acceptors (Lipinski definition) is 5. The Morgan fingerprint density at radius 3 is 2.25 bits per heavy atom. The molecule has 20 heavy (non-hydrogen) atoms. The molecule has 1 rings (SSSR count). The molecule has 0 aromatic heterocycles. The molecule has 6 nitrogen and oxygen atoms in total. The van der Waals surface area contributed by atoms with Crippen LogP contribution in [0, 0.1) is 0 Å². The fourth-order valence-corrected chi connectivity index (χ4v) is 3.20. The van der Waals surface area contributed by atoms with Crippen LogP contribution in [0.15, 0.2) is 23.1 Å². The van der Waals surface area contributed by atoms with Gasteiger partial charge in [0, 0.05) is 5.54 Å². The third kappa shape index (κ3) is 3.94. The lowest BCUT2D eigenvalue weighted by Gasteiger charge is -2.21. The maximum absolute atomic E-state index is 12.3. The molecule has 0 saturated carbocycles. The van der Waals surface area contributed by atoms with Crippen molar-refractivity contribution in [1.29, 1.82) is 0 Å². The fraction of sp³-hybridized carbons (Fsp3) is 0.462. The van der Waals surface area contributed by atoms with Crippen LogP contribution in [0.1, 0.15) is 31.1 Å². The number of sulfonamides is 1. The van der Waals surface area contributed by atoms with E-state index in [9.17, 15) is 13.2 Å². The number of hydrogen-bond donors (Lipinski definition) is 1. The molecule has 0 fully saturated rings. The average Bonchev–Trinajstić information content (AvgIpc) is 2.34. The summed E-state index contributed by atoms with van der Waals surface area (Å²) in [6.07, 6.45) is 0. The Hall–Kier alpha value is -1.60. The van der Waals surface area contributed by atoms with Crippen molar-refractivity contribution < 1.29 is 22.7 Å². The molecule has 0 unspecified atom stereocenters. The summed E-state index contributed by atoms with van der Waals surface area (Å²) in [5.41, 5.74) is -0.506. The highest BCUT2D eigenvalue weighted by Crippen LogP contribution is 2.26. The highest BCUT2D eigenvalue weighted by molar-refractivity contribution is 7.89. The van der Waals surface area contributed by atoms with Crippen molar-refractivity contribution >= 4 is 16.0 Å². The van der Waals surface area contributed by atoms with Gasteiger partial charge >= 0.3 is 5.97 Å². The number of esters is 1. The second-order valence-corrected chi connectivity index (χ2v) is 6.86. The second kappa shape index (κ2) is 5.80. The quantitative estimate of drug-likeness (QED) is 0.853. The highest BCUT2D eigenvalue weighted by atomic mass is 32.2. The van der Waals surface area contributed by atoms with Crippen molar-refractivity contribution in [3.63, 3.8) is 0 Å². The highest BCUT2D eigenvalue weighted by Gasteiger charge is 2.26. The van der Waals surface area contributed by atoms with Crippen LogP contribution in [0.2, 0.25) is 0 Å². The molecule has 0 bridgehead atoms. The molecule has 0 spiro atoms. The van der Waals surface area contributed by atoms with Gasteiger partial charge in [0.25, 0.3) is 0 Å². The van der Waals surface area contributed by atoms with Crippen molar-refractivity contribution in [2.75, 3.05) is 14.2 Å². The molecule has 1 aromatic carbocycles. The van der Waals surface area contributed by atoms with Gasteiger partial charge in [-0.25, -0.2) is 17.9 Å². The number of carbonyl (C=O) groups excluding carboxylic acids is 1. The number of nitrogens with one attached hydrogen (secondary N) is 1. The summed E-state index contributed by atoms with van der Waals surface area (Å²) < 4.78 is 36.8. The first kappa shape index (κ1) is 16.5. The number of ether oxygens (including phenoxy) is 2. The molecule has 0 aliphatic rings. The molecule has 0 atom stereocenters. The molecular formula is C13H19NO5S. The number of methoxy groups -OCH3 is 2.